The molecule has 3 amide bonds. The van der Waals surface area contributed by atoms with Gasteiger partial charge in [0, 0.05) is 5.69 Å². The molecule has 4 rings (SSSR count). The van der Waals surface area contributed by atoms with Crippen molar-refractivity contribution in [3.05, 3.63) is 120 Å². The van der Waals surface area contributed by atoms with E-state index in [-0.39, 0.29) is 11.3 Å². The molecule has 3 N–H and O–H groups in total. The standard InChI is InChI=1S/C33H30N4O6/c1-2-3-21-42-26-19-15-24(16-20-26)33(41)43-27-17-13-23(14-18-27)22-34-37-32(40)31(39)36-29-12-8-7-11-28(29)30(38)35-25-9-5-4-6-10-25/h4-20,22H,2-3,21H2,1H3,(H,35,38)(H,36,39)(H,37,40). The number of hydrogen-bond donors (Lipinski definition) is 3. The summed E-state index contributed by atoms with van der Waals surface area (Å²) < 4.78 is 11.0. The lowest BCUT2D eigenvalue weighted by atomic mass is 10.1. The SMILES string of the molecule is CCCCOc1ccc(C(=O)Oc2ccc(C=NNC(=O)C(=O)Nc3ccccc3C(=O)Nc3ccccc3)cc2)cc1. The van der Waals surface area contributed by atoms with E-state index >= 15 is 0 Å². The van der Waals surface area contributed by atoms with Crippen molar-refractivity contribution in [1.29, 1.82) is 0 Å². The van der Waals surface area contributed by atoms with E-state index in [2.05, 4.69) is 28.1 Å². The average Bonchev–Trinajstić information content (AvgIpc) is 3.03. The molecule has 0 heterocycles. The number of esters is 1. The van der Waals surface area contributed by atoms with Crippen LogP contribution in [0.4, 0.5) is 11.4 Å². The Morgan fingerprint density at radius 2 is 1.42 bits per heavy atom. The maximum absolute atomic E-state index is 12.7. The molecule has 0 aliphatic carbocycles. The first-order valence-corrected chi connectivity index (χ1v) is 13.6. The van der Waals surface area contributed by atoms with Crippen LogP contribution >= 0.6 is 0 Å². The van der Waals surface area contributed by atoms with Crippen LogP contribution in [0.15, 0.2) is 108 Å². The summed E-state index contributed by atoms with van der Waals surface area (Å²) in [4.78, 5) is 49.9. The maximum atomic E-state index is 12.7. The third-order valence-corrected chi connectivity index (χ3v) is 5.98. The number of carbonyl (C=O) groups is 4. The third kappa shape index (κ3) is 9.12. The number of carbonyl (C=O) groups excluding carboxylic acids is 4. The van der Waals surface area contributed by atoms with Crippen molar-refractivity contribution in [2.24, 2.45) is 5.10 Å². The number of ether oxygens (including phenoxy) is 2. The Kier molecular flexibility index (Phi) is 10.7. The Balaban J connectivity index is 1.26. The summed E-state index contributed by atoms with van der Waals surface area (Å²) in [7, 11) is 0. The van der Waals surface area contributed by atoms with Crippen LogP contribution in [0, 0.1) is 0 Å². The van der Waals surface area contributed by atoms with Crippen LogP contribution < -0.4 is 25.5 Å². The molecule has 0 fully saturated rings. The fraction of sp³-hybridized carbons (Fsp3) is 0.121. The summed E-state index contributed by atoms with van der Waals surface area (Å²) in [6.45, 7) is 2.71. The van der Waals surface area contributed by atoms with Gasteiger partial charge < -0.3 is 20.1 Å². The van der Waals surface area contributed by atoms with Gasteiger partial charge in [-0.25, -0.2) is 10.2 Å². The number of hydrazone groups is 1. The topological polar surface area (TPSA) is 135 Å². The van der Waals surface area contributed by atoms with Gasteiger partial charge in [0.2, 0.25) is 0 Å². The normalized spacial score (nSPS) is 10.5. The van der Waals surface area contributed by atoms with Crippen LogP contribution in [0.5, 0.6) is 11.5 Å². The number of amides is 3. The van der Waals surface area contributed by atoms with Crippen molar-refractivity contribution in [3.63, 3.8) is 0 Å². The number of anilines is 2. The van der Waals surface area contributed by atoms with Gasteiger partial charge in [-0.3, -0.25) is 14.4 Å². The minimum absolute atomic E-state index is 0.168. The molecule has 0 bridgehead atoms. The van der Waals surface area contributed by atoms with Crippen molar-refractivity contribution in [2.45, 2.75) is 19.8 Å². The van der Waals surface area contributed by atoms with E-state index in [4.69, 9.17) is 9.47 Å². The largest absolute Gasteiger partial charge is 0.494 e. The lowest BCUT2D eigenvalue weighted by Crippen LogP contribution is -2.33. The smallest absolute Gasteiger partial charge is 0.343 e. The highest BCUT2D eigenvalue weighted by Gasteiger charge is 2.18. The van der Waals surface area contributed by atoms with Crippen LogP contribution in [-0.2, 0) is 9.59 Å². The summed E-state index contributed by atoms with van der Waals surface area (Å²) in [5.41, 5.74) is 4.06. The maximum Gasteiger partial charge on any atom is 0.343 e. The van der Waals surface area contributed by atoms with Crippen molar-refractivity contribution < 1.29 is 28.7 Å². The quantitative estimate of drug-likeness (QED) is 0.0543. The second-order valence-electron chi connectivity index (χ2n) is 9.20. The molecule has 4 aromatic carbocycles. The van der Waals surface area contributed by atoms with Gasteiger partial charge in [0.25, 0.3) is 5.91 Å². The highest BCUT2D eigenvalue weighted by molar-refractivity contribution is 6.40. The van der Waals surface area contributed by atoms with E-state index in [9.17, 15) is 19.2 Å². The van der Waals surface area contributed by atoms with E-state index in [0.29, 0.717) is 34.9 Å². The van der Waals surface area contributed by atoms with E-state index in [0.717, 1.165) is 12.8 Å². The Labute approximate surface area is 248 Å². The van der Waals surface area contributed by atoms with E-state index < -0.39 is 23.7 Å². The van der Waals surface area contributed by atoms with Gasteiger partial charge in [-0.2, -0.15) is 5.10 Å². The first-order chi connectivity index (χ1) is 20.9. The van der Waals surface area contributed by atoms with Gasteiger partial charge in [0.05, 0.1) is 29.6 Å². The molecule has 0 saturated carbocycles. The first kappa shape index (κ1) is 30.2. The van der Waals surface area contributed by atoms with Crippen LogP contribution in [-0.4, -0.2) is 36.5 Å². The fourth-order valence-corrected chi connectivity index (χ4v) is 3.71. The average molecular weight is 579 g/mol. The minimum Gasteiger partial charge on any atom is -0.494 e. The Morgan fingerprint density at radius 1 is 0.744 bits per heavy atom. The molecule has 0 aromatic heterocycles. The Bertz CT molecular complexity index is 1590. The summed E-state index contributed by atoms with van der Waals surface area (Å²) in [6.07, 6.45) is 3.32. The van der Waals surface area contributed by atoms with Gasteiger partial charge in [-0.1, -0.05) is 43.7 Å². The molecule has 0 saturated heterocycles. The lowest BCUT2D eigenvalue weighted by Gasteiger charge is -2.11. The molecule has 0 radical (unpaired) electrons. The minimum atomic E-state index is -1.03. The number of unbranched alkanes of at least 4 members (excludes halogenated alkanes) is 1. The van der Waals surface area contributed by atoms with Gasteiger partial charge in [0.15, 0.2) is 0 Å². The van der Waals surface area contributed by atoms with Gasteiger partial charge in [-0.15, -0.1) is 0 Å². The number of nitrogens with zero attached hydrogens (tertiary/aromatic N) is 1. The molecule has 4 aromatic rings. The van der Waals surface area contributed by atoms with Crippen molar-refractivity contribution in [3.8, 4) is 11.5 Å². The van der Waals surface area contributed by atoms with Crippen LogP contribution in [0.2, 0.25) is 0 Å². The summed E-state index contributed by atoms with van der Waals surface area (Å²) in [5.74, 6) is -1.97. The highest BCUT2D eigenvalue weighted by Crippen LogP contribution is 2.18. The predicted molar refractivity (Wildman–Crippen MR) is 163 cm³/mol. The Morgan fingerprint density at radius 3 is 2.14 bits per heavy atom. The number of hydrogen-bond acceptors (Lipinski definition) is 7. The fourth-order valence-electron chi connectivity index (χ4n) is 3.71. The van der Waals surface area contributed by atoms with E-state index in [1.54, 1.807) is 84.9 Å². The summed E-state index contributed by atoms with van der Waals surface area (Å²) in [6, 6.07) is 28.3. The molecular formula is C33H30N4O6. The molecule has 218 valence electrons. The zero-order valence-corrected chi connectivity index (χ0v) is 23.4. The molecular weight excluding hydrogens is 548 g/mol. The molecule has 0 unspecified atom stereocenters. The van der Waals surface area contributed by atoms with Gasteiger partial charge in [-0.05, 0) is 84.8 Å². The van der Waals surface area contributed by atoms with E-state index in [1.165, 1.54) is 18.3 Å². The van der Waals surface area contributed by atoms with Crippen molar-refractivity contribution in [2.75, 3.05) is 17.2 Å². The number of para-hydroxylation sites is 2. The number of nitrogens with one attached hydrogen (secondary N) is 3. The van der Waals surface area contributed by atoms with Crippen LogP contribution in [0.25, 0.3) is 0 Å². The Hall–Kier alpha value is -5.77. The lowest BCUT2D eigenvalue weighted by molar-refractivity contribution is -0.136. The second-order valence-corrected chi connectivity index (χ2v) is 9.20. The zero-order chi connectivity index (χ0) is 30.4. The van der Waals surface area contributed by atoms with Crippen molar-refractivity contribution >= 4 is 41.3 Å². The zero-order valence-electron chi connectivity index (χ0n) is 23.4. The third-order valence-electron chi connectivity index (χ3n) is 5.98. The van der Waals surface area contributed by atoms with Crippen LogP contribution in [0.3, 0.4) is 0 Å². The van der Waals surface area contributed by atoms with E-state index in [1.807, 2.05) is 6.07 Å². The monoisotopic (exact) mass is 578 g/mol. The molecule has 0 aliphatic rings. The number of benzene rings is 4. The molecule has 0 atom stereocenters. The summed E-state index contributed by atoms with van der Waals surface area (Å²) >= 11 is 0. The first-order valence-electron chi connectivity index (χ1n) is 13.6. The molecule has 0 aliphatic heterocycles. The highest BCUT2D eigenvalue weighted by atomic mass is 16.5. The second kappa shape index (κ2) is 15.3. The predicted octanol–water partition coefficient (Wildman–Crippen LogP) is 5.43. The van der Waals surface area contributed by atoms with Gasteiger partial charge in [0.1, 0.15) is 11.5 Å². The molecule has 10 heteroatoms. The van der Waals surface area contributed by atoms with Crippen LogP contribution in [0.1, 0.15) is 46.0 Å². The number of rotatable bonds is 11. The summed E-state index contributed by atoms with van der Waals surface area (Å²) in [5, 5.41) is 8.98. The molecule has 0 spiro atoms. The van der Waals surface area contributed by atoms with Crippen molar-refractivity contribution in [1.82, 2.24) is 5.43 Å². The molecule has 43 heavy (non-hydrogen) atoms. The molecule has 10 nitrogen and oxygen atoms in total. The van der Waals surface area contributed by atoms with Gasteiger partial charge >= 0.3 is 17.8 Å².